The number of halogens is 11. The lowest BCUT2D eigenvalue weighted by Crippen LogP contribution is -2.40. The molecule has 0 bridgehead atoms. The fraction of sp³-hybridized carbons (Fsp3) is 0.542. The zero-order chi connectivity index (χ0) is 71.4. The van der Waals surface area contributed by atoms with E-state index >= 15 is 8.78 Å². The van der Waals surface area contributed by atoms with Crippen molar-refractivity contribution < 1.29 is 108 Å². The minimum Gasteiger partial charge on any atom is -0.459 e. The maximum Gasteiger partial charge on any atom is 0.478 e. The fourth-order valence-electron chi connectivity index (χ4n) is 10.1. The van der Waals surface area contributed by atoms with Gasteiger partial charge < -0.3 is 14.8 Å². The molecule has 36 heteroatoms. The third kappa shape index (κ3) is 19.7. The van der Waals surface area contributed by atoms with Crippen LogP contribution in [0.5, 0.6) is 0 Å². The first-order valence-corrected chi connectivity index (χ1v) is 34.2. The number of fused-ring (bicyclic) bond motifs is 4. The smallest absolute Gasteiger partial charge is 0.459 e. The van der Waals surface area contributed by atoms with Gasteiger partial charge in [0.25, 0.3) is 5.92 Å². The van der Waals surface area contributed by atoms with Crippen LogP contribution < -0.4 is 10.0 Å². The topological polar surface area (TPSA) is 276 Å². The van der Waals surface area contributed by atoms with Gasteiger partial charge in [-0.2, -0.15) is 45.3 Å². The van der Waals surface area contributed by atoms with Crippen molar-refractivity contribution in [3.8, 4) is 23.0 Å². The lowest BCUT2D eigenvalue weighted by Gasteiger charge is -2.31. The number of hydrogen-bond donors (Lipinski definition) is 2. The number of hydrogen-bond acceptors (Lipinski definition) is 17. The predicted octanol–water partition coefficient (Wildman–Crippen LogP) is 11.5. The summed E-state index contributed by atoms with van der Waals surface area (Å²) < 4.78 is 243. The van der Waals surface area contributed by atoms with Crippen molar-refractivity contribution in [1.82, 2.24) is 39.5 Å². The molecule has 522 valence electrons. The zero-order valence-corrected chi connectivity index (χ0v) is 56.4. The van der Waals surface area contributed by atoms with Crippen molar-refractivity contribution in [3.63, 3.8) is 0 Å². The van der Waals surface area contributed by atoms with Crippen LogP contribution in [0.3, 0.4) is 0 Å². The van der Waals surface area contributed by atoms with E-state index in [2.05, 4.69) is 32.3 Å². The van der Waals surface area contributed by atoms with Crippen LogP contribution in [0.4, 0.5) is 48.7 Å². The Labute approximate surface area is 545 Å². The van der Waals surface area contributed by atoms with E-state index in [0.717, 1.165) is 47.6 Å². The van der Waals surface area contributed by atoms with E-state index in [0.29, 0.717) is 10.7 Å². The first-order chi connectivity index (χ1) is 43.2. The lowest BCUT2D eigenvalue weighted by atomic mass is 9.93. The average Bonchev–Trinajstić information content (AvgIpc) is 1.52. The number of carbonyl (C=O) groups is 4. The number of amides is 3. The van der Waals surface area contributed by atoms with Crippen molar-refractivity contribution in [1.29, 1.82) is 0 Å². The molecular weight excluding hydrogens is 1370 g/mol. The van der Waals surface area contributed by atoms with Gasteiger partial charge in [-0.15, -0.1) is 0 Å². The standard InChI is InChI=1S/C59H68ClF10N8O14PS2/c1-53(2,3)90-45(81)28-76(52(82)88-31-89-93(83,91-54(4,5)6)92-55(7,8)9)21-13-14-43(79)75-95(86,87)29-42-47-40(60)18-17-37(49(47)78(73-42)30-57(63,64)65)36-16-15-35(19-20-56(10,11)94(12,84)85)71-48(36)41(24-32-22-33(61)25-34(62)23-32)72-44(80)27-77-51-46(50(74-77)59(68,69)70)38-26-39(38)58(51,66)67/h15-18,22-23,25,38-39,41H,13-14,21,24,26-31H2,1-12H3,(H,72,80)(H,75,79)/t38-,39+,41-/m0/s1. The van der Waals surface area contributed by atoms with Crippen LogP contribution in [0, 0.1) is 29.4 Å². The maximum atomic E-state index is 15.7. The zero-order valence-electron chi connectivity index (χ0n) is 53.2. The number of carbonyl (C=O) groups excluding carboxylic acids is 4. The molecule has 0 aliphatic heterocycles. The second-order valence-electron chi connectivity index (χ2n) is 26.0. The molecule has 3 aromatic heterocycles. The molecule has 1 fully saturated rings. The first kappa shape index (κ1) is 75.5. The molecule has 7 rings (SSSR count). The number of alkyl halides is 8. The molecule has 0 spiro atoms. The average molecular weight is 1430 g/mol. The molecule has 0 saturated heterocycles. The summed E-state index contributed by atoms with van der Waals surface area (Å²) in [5.41, 5.74) is -9.96. The Morgan fingerprint density at radius 1 is 0.842 bits per heavy atom. The third-order valence-corrected chi connectivity index (χ3v) is 19.4. The number of pyridine rings is 1. The molecule has 3 heterocycles. The number of benzene rings is 2. The number of rotatable bonds is 23. The number of sulfonamides is 1. The Morgan fingerprint density at radius 3 is 2.02 bits per heavy atom. The van der Waals surface area contributed by atoms with Crippen LogP contribution >= 0.6 is 19.4 Å². The summed E-state index contributed by atoms with van der Waals surface area (Å²) in [4.78, 5) is 59.4. The first-order valence-electron chi connectivity index (χ1n) is 28.9. The Morgan fingerprint density at radius 2 is 1.45 bits per heavy atom. The van der Waals surface area contributed by atoms with E-state index in [1.54, 1.807) is 46.3 Å². The van der Waals surface area contributed by atoms with E-state index < -0.39 is 223 Å². The summed E-state index contributed by atoms with van der Waals surface area (Å²) in [5, 5.41) is 8.88. The van der Waals surface area contributed by atoms with E-state index in [1.165, 1.54) is 34.6 Å². The number of ether oxygens (including phenoxy) is 2. The number of aromatic nitrogens is 5. The van der Waals surface area contributed by atoms with Crippen LogP contribution in [0.2, 0.25) is 5.02 Å². The number of esters is 1. The number of sulfone groups is 1. The SMILES string of the molecule is CC(C)(C)OC(=O)CN(CCCC(=O)NS(=O)(=O)Cc1nn(CC(F)(F)F)c2c(-c3ccc(C#CC(C)(C)S(C)(=O)=O)nc3[C@H](Cc3cc(F)cc(F)c3)NC(=O)Cn3nc(C(F)(F)F)c4c3C(F)(F)[C@@H]3C[C@H]43)ccc(Cl)c12)C(=O)OCOP(=O)(OC(C)(C)C)OC(C)(C)C. The van der Waals surface area contributed by atoms with Crippen LogP contribution in [-0.2, 0) is 99.2 Å². The third-order valence-electron chi connectivity index (χ3n) is 14.0. The number of phosphoric ester groups is 1. The quantitative estimate of drug-likeness (QED) is 0.0202. The molecule has 2 N–H and O–H groups in total. The van der Waals surface area contributed by atoms with Gasteiger partial charge in [-0.1, -0.05) is 23.6 Å². The van der Waals surface area contributed by atoms with Crippen molar-refractivity contribution >= 4 is 74.1 Å². The van der Waals surface area contributed by atoms with Crippen LogP contribution in [0.25, 0.3) is 22.0 Å². The Bertz CT molecular complexity index is 4130. The van der Waals surface area contributed by atoms with Crippen molar-refractivity contribution in [3.05, 3.63) is 98.7 Å². The molecule has 3 amide bonds. The normalized spacial score (nSPS) is 16.3. The van der Waals surface area contributed by atoms with Gasteiger partial charge >= 0.3 is 32.2 Å². The summed E-state index contributed by atoms with van der Waals surface area (Å²) in [7, 11) is -13.4. The highest BCUT2D eigenvalue weighted by atomic mass is 35.5. The van der Waals surface area contributed by atoms with Crippen molar-refractivity contribution in [2.75, 3.05) is 26.1 Å². The molecule has 22 nitrogen and oxygen atoms in total. The van der Waals surface area contributed by atoms with E-state index in [4.69, 9.17) is 34.6 Å². The van der Waals surface area contributed by atoms with Gasteiger partial charge in [0, 0.05) is 53.3 Å². The predicted molar refractivity (Wildman–Crippen MR) is 322 cm³/mol. The molecule has 5 aromatic rings. The monoisotopic (exact) mass is 1430 g/mol. The van der Waals surface area contributed by atoms with Crippen molar-refractivity contribution in [2.24, 2.45) is 5.92 Å². The Kier molecular flexibility index (Phi) is 21.6. The highest BCUT2D eigenvalue weighted by Gasteiger charge is 2.68. The summed E-state index contributed by atoms with van der Waals surface area (Å²) in [6.45, 7) is 10.7. The van der Waals surface area contributed by atoms with E-state index in [1.807, 2.05) is 0 Å². The van der Waals surface area contributed by atoms with Crippen LogP contribution in [0.1, 0.15) is 147 Å². The molecule has 1 saturated carbocycles. The summed E-state index contributed by atoms with van der Waals surface area (Å²) in [5.74, 6) is -8.82. The number of phosphoric acid groups is 1. The van der Waals surface area contributed by atoms with Gasteiger partial charge in [0.1, 0.15) is 58.8 Å². The highest BCUT2D eigenvalue weighted by Crippen LogP contribution is 2.68. The van der Waals surface area contributed by atoms with Gasteiger partial charge in [0.05, 0.1) is 39.2 Å². The maximum absolute atomic E-state index is 15.7. The van der Waals surface area contributed by atoms with Crippen LogP contribution in [0.15, 0.2) is 42.5 Å². The highest BCUT2D eigenvalue weighted by molar-refractivity contribution is 7.92. The molecular formula is C59H68ClF10N8O14PS2. The molecule has 95 heavy (non-hydrogen) atoms. The summed E-state index contributed by atoms with van der Waals surface area (Å²) in [6.07, 6.45) is -13.0. The summed E-state index contributed by atoms with van der Waals surface area (Å²) >= 11 is 6.70. The minimum absolute atomic E-state index is 0.176. The van der Waals surface area contributed by atoms with Gasteiger partial charge in [-0.05, 0) is 143 Å². The molecule has 2 aliphatic rings. The van der Waals surface area contributed by atoms with Gasteiger partial charge in [-0.25, -0.2) is 44.5 Å². The van der Waals surface area contributed by atoms with Gasteiger partial charge in [0.15, 0.2) is 15.5 Å². The largest absolute Gasteiger partial charge is 0.478 e. The molecule has 2 aromatic carbocycles. The Balaban J connectivity index is 1.25. The van der Waals surface area contributed by atoms with E-state index in [9.17, 15) is 75.7 Å². The number of nitrogens with one attached hydrogen (secondary N) is 2. The second-order valence-corrected chi connectivity index (χ2v) is 32.3. The van der Waals surface area contributed by atoms with Crippen LogP contribution in [-0.4, -0.2) is 124 Å². The Hall–Kier alpha value is -6.89. The van der Waals surface area contributed by atoms with E-state index in [-0.39, 0.29) is 33.5 Å². The second kappa shape index (κ2) is 27.2. The fourth-order valence-corrected chi connectivity index (χ4v) is 13.3. The molecule has 3 atom stereocenters. The van der Waals surface area contributed by atoms with Gasteiger partial charge in [-0.3, -0.25) is 42.4 Å². The lowest BCUT2D eigenvalue weighted by molar-refractivity contribution is -0.156. The number of nitrogens with zero attached hydrogens (tertiary/aromatic N) is 6. The van der Waals surface area contributed by atoms with Crippen molar-refractivity contribution in [2.45, 2.75) is 172 Å². The minimum atomic E-state index is -5.26. The summed E-state index contributed by atoms with van der Waals surface area (Å²) in [6, 6.07) is 4.68. The molecule has 0 radical (unpaired) electrons. The molecule has 2 aliphatic carbocycles. The molecule has 0 unspecified atom stereocenters. The van der Waals surface area contributed by atoms with Gasteiger partial charge in [0.2, 0.25) is 28.6 Å².